The Kier molecular flexibility index (Phi) is 7.27. The third kappa shape index (κ3) is 4.89. The third-order valence-corrected chi connectivity index (χ3v) is 5.11. The van der Waals surface area contributed by atoms with Crippen molar-refractivity contribution >= 4 is 17.8 Å². The molecule has 1 aromatic rings. The number of ether oxygens (including phenoxy) is 1. The van der Waals surface area contributed by atoms with Gasteiger partial charge in [0.15, 0.2) is 0 Å². The van der Waals surface area contributed by atoms with Crippen molar-refractivity contribution in [3.8, 4) is 5.75 Å². The molecule has 1 fully saturated rings. The van der Waals surface area contributed by atoms with Crippen molar-refractivity contribution in [2.75, 3.05) is 26.7 Å². The molecule has 1 saturated heterocycles. The Morgan fingerprint density at radius 2 is 1.66 bits per heavy atom. The first kappa shape index (κ1) is 22.7. The number of benzene rings is 1. The van der Waals surface area contributed by atoms with E-state index < -0.39 is 17.5 Å². The zero-order valence-corrected chi connectivity index (χ0v) is 18.3. The summed E-state index contributed by atoms with van der Waals surface area (Å²) in [4.78, 5) is 41.6. The highest BCUT2D eigenvalue weighted by Crippen LogP contribution is 2.33. The minimum Gasteiger partial charge on any atom is -0.497 e. The molecule has 0 aliphatic carbocycles. The van der Waals surface area contributed by atoms with E-state index in [-0.39, 0.29) is 12.5 Å². The lowest BCUT2D eigenvalue weighted by molar-refractivity contribution is -0.139. The van der Waals surface area contributed by atoms with Gasteiger partial charge in [0.2, 0.25) is 5.91 Å². The molecule has 1 aliphatic heterocycles. The number of hydrogen-bond donors (Lipinski definition) is 1. The number of hydrogen-bond acceptors (Lipinski definition) is 4. The fourth-order valence-electron chi connectivity index (χ4n) is 3.68. The molecular weight excluding hydrogens is 370 g/mol. The molecule has 1 atom stereocenters. The maximum Gasteiger partial charge on any atom is 0.325 e. The fourth-order valence-corrected chi connectivity index (χ4v) is 3.68. The summed E-state index contributed by atoms with van der Waals surface area (Å²) in [5.74, 6) is 0.668. The topological polar surface area (TPSA) is 79.0 Å². The van der Waals surface area contributed by atoms with Gasteiger partial charge in [0.1, 0.15) is 17.8 Å². The summed E-state index contributed by atoms with van der Waals surface area (Å²) in [5, 5.41) is 2.82. The van der Waals surface area contributed by atoms with Crippen molar-refractivity contribution in [2.45, 2.75) is 46.6 Å². The van der Waals surface area contributed by atoms with E-state index in [1.54, 1.807) is 36.3 Å². The van der Waals surface area contributed by atoms with Gasteiger partial charge >= 0.3 is 6.03 Å². The van der Waals surface area contributed by atoms with Crippen LogP contribution in [0.2, 0.25) is 0 Å². The van der Waals surface area contributed by atoms with Gasteiger partial charge in [-0.25, -0.2) is 4.79 Å². The van der Waals surface area contributed by atoms with Crippen LogP contribution in [0.4, 0.5) is 4.79 Å². The molecule has 1 aliphatic rings. The molecular formula is C22H33N3O4. The van der Waals surface area contributed by atoms with Crippen LogP contribution >= 0.6 is 0 Å². The number of imide groups is 1. The van der Waals surface area contributed by atoms with Crippen LogP contribution in [0.15, 0.2) is 24.3 Å². The second kappa shape index (κ2) is 9.29. The summed E-state index contributed by atoms with van der Waals surface area (Å²) in [6.45, 7) is 11.0. The Bertz CT molecular complexity index is 735. The first-order chi connectivity index (χ1) is 13.6. The van der Waals surface area contributed by atoms with Crippen molar-refractivity contribution in [3.63, 3.8) is 0 Å². The molecule has 1 heterocycles. The van der Waals surface area contributed by atoms with Gasteiger partial charge in [-0.2, -0.15) is 0 Å². The molecule has 0 radical (unpaired) electrons. The van der Waals surface area contributed by atoms with Gasteiger partial charge in [0.25, 0.3) is 5.91 Å². The molecule has 7 heteroatoms. The molecule has 0 unspecified atom stereocenters. The quantitative estimate of drug-likeness (QED) is 0.643. The number of amides is 4. The first-order valence-electron chi connectivity index (χ1n) is 10.2. The van der Waals surface area contributed by atoms with Crippen LogP contribution in [0.5, 0.6) is 5.75 Å². The smallest absolute Gasteiger partial charge is 0.325 e. The highest BCUT2D eigenvalue weighted by atomic mass is 16.5. The van der Waals surface area contributed by atoms with Crippen LogP contribution in [0.3, 0.4) is 0 Å². The fraction of sp³-hybridized carbons (Fsp3) is 0.591. The molecule has 0 bridgehead atoms. The second-order valence-electron chi connectivity index (χ2n) is 8.40. The summed E-state index contributed by atoms with van der Waals surface area (Å²) in [5.41, 5.74) is -0.486. The van der Waals surface area contributed by atoms with Crippen LogP contribution in [0.1, 0.15) is 46.6 Å². The summed E-state index contributed by atoms with van der Waals surface area (Å²) < 4.78 is 5.18. The molecule has 7 nitrogen and oxygen atoms in total. The van der Waals surface area contributed by atoms with Gasteiger partial charge in [-0.15, -0.1) is 0 Å². The number of nitrogens with one attached hydrogen (secondary N) is 1. The lowest BCUT2D eigenvalue weighted by atomic mass is 9.87. The van der Waals surface area contributed by atoms with Gasteiger partial charge < -0.3 is 15.0 Å². The van der Waals surface area contributed by atoms with Crippen LogP contribution in [-0.4, -0.2) is 54.4 Å². The molecule has 0 saturated carbocycles. The van der Waals surface area contributed by atoms with Crippen molar-refractivity contribution in [3.05, 3.63) is 29.8 Å². The number of carbonyl (C=O) groups is 3. The predicted molar refractivity (Wildman–Crippen MR) is 111 cm³/mol. The average molecular weight is 404 g/mol. The summed E-state index contributed by atoms with van der Waals surface area (Å²) in [6.07, 6.45) is 0.385. The molecule has 2 rings (SSSR count). The van der Waals surface area contributed by atoms with Crippen LogP contribution in [0, 0.1) is 11.8 Å². The summed E-state index contributed by atoms with van der Waals surface area (Å²) in [6, 6.07) is 6.53. The Balaban J connectivity index is 2.24. The van der Waals surface area contributed by atoms with E-state index in [1.165, 1.54) is 0 Å². The van der Waals surface area contributed by atoms with E-state index in [9.17, 15) is 14.4 Å². The normalized spacial score (nSPS) is 19.1. The maximum atomic E-state index is 13.3. The standard InChI is InChI=1S/C22H33N3O4/c1-7-22(17-8-10-18(29-6)11-9-17)20(27)25(21(28)23-22)14-19(26)24(12-15(2)3)13-16(4)5/h8-11,15-16H,7,12-14H2,1-6H3,(H,23,28)/t22-/m1/s1. The van der Waals surface area contributed by atoms with E-state index in [4.69, 9.17) is 4.74 Å². The Labute approximate surface area is 173 Å². The highest BCUT2D eigenvalue weighted by Gasteiger charge is 2.51. The summed E-state index contributed by atoms with van der Waals surface area (Å²) >= 11 is 0. The molecule has 1 aromatic carbocycles. The van der Waals surface area contributed by atoms with Gasteiger partial charge in [-0.3, -0.25) is 14.5 Å². The zero-order valence-electron chi connectivity index (χ0n) is 18.3. The largest absolute Gasteiger partial charge is 0.497 e. The SMILES string of the molecule is CC[C@]1(c2ccc(OC)cc2)NC(=O)N(CC(=O)N(CC(C)C)CC(C)C)C1=O. The van der Waals surface area contributed by atoms with Gasteiger partial charge in [-0.1, -0.05) is 46.8 Å². The van der Waals surface area contributed by atoms with Crippen LogP contribution in [-0.2, 0) is 15.1 Å². The monoisotopic (exact) mass is 403 g/mol. The predicted octanol–water partition coefficient (Wildman–Crippen LogP) is 2.99. The van der Waals surface area contributed by atoms with E-state index in [0.717, 1.165) is 4.90 Å². The molecule has 1 N–H and O–H groups in total. The average Bonchev–Trinajstić information content (AvgIpc) is 2.91. The van der Waals surface area contributed by atoms with Crippen molar-refractivity contribution < 1.29 is 19.1 Å². The van der Waals surface area contributed by atoms with Gasteiger partial charge in [0, 0.05) is 13.1 Å². The van der Waals surface area contributed by atoms with E-state index in [2.05, 4.69) is 5.32 Å². The lowest BCUT2D eigenvalue weighted by Crippen LogP contribution is -2.47. The number of rotatable bonds is 9. The molecule has 0 spiro atoms. The third-order valence-electron chi connectivity index (χ3n) is 5.11. The van der Waals surface area contributed by atoms with Gasteiger partial charge in [0.05, 0.1) is 7.11 Å². The molecule has 160 valence electrons. The Hall–Kier alpha value is -2.57. The van der Waals surface area contributed by atoms with Gasteiger partial charge in [-0.05, 0) is 36.0 Å². The number of urea groups is 1. The van der Waals surface area contributed by atoms with Crippen molar-refractivity contribution in [1.29, 1.82) is 0 Å². The zero-order chi connectivity index (χ0) is 21.8. The minimum atomic E-state index is -1.16. The van der Waals surface area contributed by atoms with Crippen LogP contribution < -0.4 is 10.1 Å². The van der Waals surface area contributed by atoms with E-state index in [0.29, 0.717) is 42.7 Å². The van der Waals surface area contributed by atoms with E-state index in [1.807, 2.05) is 34.6 Å². The number of methoxy groups -OCH3 is 1. The Morgan fingerprint density at radius 1 is 1.10 bits per heavy atom. The maximum absolute atomic E-state index is 13.3. The summed E-state index contributed by atoms with van der Waals surface area (Å²) in [7, 11) is 1.57. The number of nitrogens with zero attached hydrogens (tertiary/aromatic N) is 2. The Morgan fingerprint density at radius 3 is 2.10 bits per heavy atom. The highest BCUT2D eigenvalue weighted by molar-refractivity contribution is 6.09. The molecule has 0 aromatic heterocycles. The molecule has 4 amide bonds. The van der Waals surface area contributed by atoms with Crippen LogP contribution in [0.25, 0.3) is 0 Å². The molecule has 29 heavy (non-hydrogen) atoms. The first-order valence-corrected chi connectivity index (χ1v) is 10.2. The number of carbonyl (C=O) groups excluding carboxylic acids is 3. The lowest BCUT2D eigenvalue weighted by Gasteiger charge is -2.28. The van der Waals surface area contributed by atoms with E-state index >= 15 is 0 Å². The second-order valence-corrected chi connectivity index (χ2v) is 8.40. The minimum absolute atomic E-state index is 0.211. The van der Waals surface area contributed by atoms with Crippen molar-refractivity contribution in [1.82, 2.24) is 15.1 Å². The van der Waals surface area contributed by atoms with Crippen molar-refractivity contribution in [2.24, 2.45) is 11.8 Å².